The van der Waals surface area contributed by atoms with E-state index >= 15 is 0 Å². The van der Waals surface area contributed by atoms with Gasteiger partial charge in [-0.15, -0.1) is 18.2 Å². The Morgan fingerprint density at radius 2 is 2.67 bits per heavy atom. The number of hydrogen-bond acceptors (Lipinski definition) is 3. The van der Waals surface area contributed by atoms with Crippen LogP contribution in [0.2, 0.25) is 0 Å². The molecule has 1 amide bonds. The van der Waals surface area contributed by atoms with Crippen molar-refractivity contribution in [2.75, 3.05) is 11.6 Å². The lowest BCUT2D eigenvalue weighted by molar-refractivity contribution is -0.122. The van der Waals surface area contributed by atoms with Gasteiger partial charge in [-0.1, -0.05) is 5.92 Å². The summed E-state index contributed by atoms with van der Waals surface area (Å²) in [6.07, 6.45) is 5.13. The summed E-state index contributed by atoms with van der Waals surface area (Å²) in [6, 6.07) is -0.240. The number of carbonyl (C=O) groups is 1. The van der Waals surface area contributed by atoms with Crippen LogP contribution in [0.4, 0.5) is 0 Å². The van der Waals surface area contributed by atoms with E-state index in [1.807, 2.05) is 0 Å². The van der Waals surface area contributed by atoms with E-state index in [1.165, 1.54) is 0 Å². The van der Waals surface area contributed by atoms with Crippen LogP contribution >= 0.6 is 11.8 Å². The molecule has 1 rings (SSSR count). The Balaban J connectivity index is 2.33. The third kappa shape index (κ3) is 2.43. The maximum Gasteiger partial charge on any atom is 0.238 e. The van der Waals surface area contributed by atoms with Crippen molar-refractivity contribution in [3.8, 4) is 12.3 Å². The van der Waals surface area contributed by atoms with Gasteiger partial charge in [0.05, 0.1) is 12.1 Å². The molecule has 1 saturated heterocycles. The summed E-state index contributed by atoms with van der Waals surface area (Å²) in [5.41, 5.74) is 0. The van der Waals surface area contributed by atoms with E-state index < -0.39 is 0 Å². The number of terminal acetylenes is 1. The maximum atomic E-state index is 11.3. The molecule has 0 radical (unpaired) electrons. The van der Waals surface area contributed by atoms with E-state index in [2.05, 4.69) is 16.6 Å². The molecule has 1 aliphatic rings. The Morgan fingerprint density at radius 1 is 1.92 bits per heavy atom. The third-order valence-electron chi connectivity index (χ3n) is 1.64. The normalized spacial score (nSPS) is 24.5. The Kier molecular flexibility index (Phi) is 3.45. The van der Waals surface area contributed by atoms with Crippen LogP contribution in [0.15, 0.2) is 0 Å². The van der Waals surface area contributed by atoms with Gasteiger partial charge in [0.2, 0.25) is 5.91 Å². The predicted molar refractivity (Wildman–Crippen MR) is 50.7 cm³/mol. The van der Waals surface area contributed by atoms with Crippen molar-refractivity contribution in [3.63, 3.8) is 0 Å². The zero-order valence-electron chi connectivity index (χ0n) is 6.96. The molecule has 0 aromatic carbocycles. The van der Waals surface area contributed by atoms with Crippen molar-refractivity contribution in [2.45, 2.75) is 19.0 Å². The molecule has 2 unspecified atom stereocenters. The summed E-state index contributed by atoms with van der Waals surface area (Å²) in [5, 5.41) is 5.79. The summed E-state index contributed by atoms with van der Waals surface area (Å²) in [4.78, 5) is 11.3. The van der Waals surface area contributed by atoms with Crippen molar-refractivity contribution < 1.29 is 4.79 Å². The summed E-state index contributed by atoms with van der Waals surface area (Å²) in [6.45, 7) is 1.79. The van der Waals surface area contributed by atoms with Crippen LogP contribution in [-0.2, 0) is 4.79 Å². The van der Waals surface area contributed by atoms with Crippen molar-refractivity contribution in [2.24, 2.45) is 0 Å². The highest BCUT2D eigenvalue weighted by molar-refractivity contribution is 7.99. The lowest BCUT2D eigenvalue weighted by Gasteiger charge is -2.11. The largest absolute Gasteiger partial charge is 0.341 e. The van der Waals surface area contributed by atoms with E-state index in [1.54, 1.807) is 18.7 Å². The van der Waals surface area contributed by atoms with Crippen LogP contribution in [-0.4, -0.2) is 29.6 Å². The van der Waals surface area contributed by atoms with Gasteiger partial charge in [-0.3, -0.25) is 10.1 Å². The second-order valence-corrected chi connectivity index (χ2v) is 3.70. The van der Waals surface area contributed by atoms with Crippen molar-refractivity contribution in [3.05, 3.63) is 0 Å². The van der Waals surface area contributed by atoms with Crippen LogP contribution in [0.3, 0.4) is 0 Å². The number of hydrogen-bond donors (Lipinski definition) is 2. The van der Waals surface area contributed by atoms with E-state index in [0.29, 0.717) is 0 Å². The summed E-state index contributed by atoms with van der Waals surface area (Å²) in [7, 11) is 0. The molecular weight excluding hydrogens is 172 g/mol. The average Bonchev–Trinajstić information content (AvgIpc) is 2.56. The monoisotopic (exact) mass is 184 g/mol. The molecule has 12 heavy (non-hydrogen) atoms. The Morgan fingerprint density at radius 3 is 3.17 bits per heavy atom. The lowest BCUT2D eigenvalue weighted by atomic mass is 10.3. The zero-order valence-corrected chi connectivity index (χ0v) is 7.78. The Hall–Kier alpha value is -0.660. The topological polar surface area (TPSA) is 41.1 Å². The SMILES string of the molecule is C#CC(C)NC(=O)C1CSCN1. The summed E-state index contributed by atoms with van der Waals surface area (Å²) >= 11 is 1.72. The zero-order chi connectivity index (χ0) is 8.97. The van der Waals surface area contributed by atoms with Gasteiger partial charge in [-0.05, 0) is 6.92 Å². The molecule has 1 heterocycles. The van der Waals surface area contributed by atoms with Crippen LogP contribution in [0, 0.1) is 12.3 Å². The van der Waals surface area contributed by atoms with Gasteiger partial charge in [0.1, 0.15) is 0 Å². The van der Waals surface area contributed by atoms with Gasteiger partial charge in [-0.2, -0.15) is 0 Å². The van der Waals surface area contributed by atoms with Gasteiger partial charge >= 0.3 is 0 Å². The summed E-state index contributed by atoms with van der Waals surface area (Å²) < 4.78 is 0. The summed E-state index contributed by atoms with van der Waals surface area (Å²) in [5.74, 6) is 4.14. The highest BCUT2D eigenvalue weighted by atomic mass is 32.2. The number of rotatable bonds is 2. The molecule has 0 aromatic heterocycles. The van der Waals surface area contributed by atoms with Crippen LogP contribution in [0.1, 0.15) is 6.92 Å². The molecule has 1 aliphatic heterocycles. The predicted octanol–water partition coefficient (Wildman–Crippen LogP) is -0.213. The first kappa shape index (κ1) is 9.43. The number of carbonyl (C=O) groups excluding carboxylic acids is 1. The fraction of sp³-hybridized carbons (Fsp3) is 0.625. The lowest BCUT2D eigenvalue weighted by Crippen LogP contribution is -2.45. The number of thioether (sulfide) groups is 1. The van der Waals surface area contributed by atoms with E-state index in [-0.39, 0.29) is 18.0 Å². The molecule has 1 fully saturated rings. The van der Waals surface area contributed by atoms with Gasteiger partial charge in [0, 0.05) is 11.6 Å². The van der Waals surface area contributed by atoms with Gasteiger partial charge in [0.15, 0.2) is 0 Å². The third-order valence-corrected chi connectivity index (χ3v) is 2.58. The molecule has 66 valence electrons. The van der Waals surface area contributed by atoms with Crippen LogP contribution < -0.4 is 10.6 Å². The Bertz CT molecular complexity index is 206. The first-order chi connectivity index (χ1) is 5.74. The molecule has 0 spiro atoms. The maximum absolute atomic E-state index is 11.3. The smallest absolute Gasteiger partial charge is 0.238 e. The second-order valence-electron chi connectivity index (χ2n) is 2.67. The molecule has 2 N–H and O–H groups in total. The van der Waals surface area contributed by atoms with Crippen molar-refractivity contribution >= 4 is 17.7 Å². The van der Waals surface area contributed by atoms with E-state index in [0.717, 1.165) is 11.6 Å². The second kappa shape index (κ2) is 4.39. The van der Waals surface area contributed by atoms with Crippen molar-refractivity contribution in [1.29, 1.82) is 0 Å². The van der Waals surface area contributed by atoms with E-state index in [9.17, 15) is 4.79 Å². The van der Waals surface area contributed by atoms with E-state index in [4.69, 9.17) is 6.42 Å². The first-order valence-electron chi connectivity index (χ1n) is 3.81. The molecule has 2 atom stereocenters. The average molecular weight is 184 g/mol. The molecule has 4 heteroatoms. The minimum atomic E-state index is -0.176. The fourth-order valence-corrected chi connectivity index (χ4v) is 1.86. The minimum Gasteiger partial charge on any atom is -0.341 e. The highest BCUT2D eigenvalue weighted by Gasteiger charge is 2.22. The van der Waals surface area contributed by atoms with Gasteiger partial charge < -0.3 is 5.32 Å². The Labute approximate surface area is 76.7 Å². The molecular formula is C8H12N2OS. The van der Waals surface area contributed by atoms with Gasteiger partial charge in [-0.25, -0.2) is 0 Å². The first-order valence-corrected chi connectivity index (χ1v) is 4.97. The highest BCUT2D eigenvalue weighted by Crippen LogP contribution is 2.09. The van der Waals surface area contributed by atoms with Gasteiger partial charge in [0.25, 0.3) is 0 Å². The van der Waals surface area contributed by atoms with Crippen molar-refractivity contribution in [1.82, 2.24) is 10.6 Å². The fourth-order valence-electron chi connectivity index (χ4n) is 0.919. The number of amides is 1. The molecule has 0 bridgehead atoms. The van der Waals surface area contributed by atoms with Crippen LogP contribution in [0.5, 0.6) is 0 Å². The minimum absolute atomic E-state index is 0.00505. The number of nitrogens with one attached hydrogen (secondary N) is 2. The van der Waals surface area contributed by atoms with Crippen LogP contribution in [0.25, 0.3) is 0 Å². The quantitative estimate of drug-likeness (QED) is 0.583. The molecule has 0 aliphatic carbocycles. The molecule has 0 saturated carbocycles. The molecule has 3 nitrogen and oxygen atoms in total. The molecule has 0 aromatic rings. The standard InChI is InChI=1S/C8H12N2OS/c1-3-6(2)10-8(11)7-4-12-5-9-7/h1,6-7,9H,4-5H2,2H3,(H,10,11).